The molecule has 8 heteroatoms. The number of hydrogen-bond acceptors (Lipinski definition) is 7. The van der Waals surface area contributed by atoms with E-state index in [1.54, 1.807) is 0 Å². The van der Waals surface area contributed by atoms with E-state index >= 15 is 0 Å². The van der Waals surface area contributed by atoms with Crippen LogP contribution in [0.25, 0.3) is 0 Å². The standard InChI is InChI=1S/C31H39NO6S/c1-19(33)37-25-15-21-12-13-31(7,38-24(21)16-23(25)30(5,6)17-29(2,3)4)18-36-22-10-8-20(9-11-22)14-26-27(34)32-28(35)39-26/h8-11,15-16,34H,12-14,17-18H2,1-7H3,(H,32,35). The first-order valence-electron chi connectivity index (χ1n) is 13.3. The summed E-state index contributed by atoms with van der Waals surface area (Å²) in [6.45, 7) is 14.9. The van der Waals surface area contributed by atoms with Gasteiger partial charge < -0.3 is 19.3 Å². The Labute approximate surface area is 234 Å². The quantitative estimate of drug-likeness (QED) is 0.243. The Morgan fingerprint density at radius 2 is 1.85 bits per heavy atom. The molecule has 1 aromatic heterocycles. The molecule has 39 heavy (non-hydrogen) atoms. The van der Waals surface area contributed by atoms with E-state index in [0.717, 1.165) is 58.8 Å². The highest BCUT2D eigenvalue weighted by Crippen LogP contribution is 2.45. The second-order valence-corrected chi connectivity index (χ2v) is 13.7. The van der Waals surface area contributed by atoms with E-state index in [0.29, 0.717) is 23.7 Å². The normalized spacial score (nSPS) is 17.3. The second kappa shape index (κ2) is 10.7. The monoisotopic (exact) mass is 553 g/mol. The van der Waals surface area contributed by atoms with E-state index in [1.807, 2.05) is 30.3 Å². The molecular weight excluding hydrogens is 514 g/mol. The van der Waals surface area contributed by atoms with Crippen molar-refractivity contribution in [2.24, 2.45) is 5.41 Å². The number of carbonyl (C=O) groups excluding carboxylic acids is 1. The molecule has 0 bridgehead atoms. The summed E-state index contributed by atoms with van der Waals surface area (Å²) >= 11 is 1.01. The van der Waals surface area contributed by atoms with Crippen LogP contribution in [0, 0.1) is 5.41 Å². The van der Waals surface area contributed by atoms with Gasteiger partial charge in [-0.25, -0.2) is 0 Å². The fourth-order valence-electron chi connectivity index (χ4n) is 5.50. The third-order valence-electron chi connectivity index (χ3n) is 6.93. The highest BCUT2D eigenvalue weighted by Gasteiger charge is 2.36. The summed E-state index contributed by atoms with van der Waals surface area (Å²) in [5, 5.41) is 9.83. The van der Waals surface area contributed by atoms with Gasteiger partial charge in [-0.3, -0.25) is 14.6 Å². The van der Waals surface area contributed by atoms with Gasteiger partial charge in [-0.15, -0.1) is 0 Å². The van der Waals surface area contributed by atoms with Gasteiger partial charge in [0.2, 0.25) is 5.88 Å². The van der Waals surface area contributed by atoms with Crippen molar-refractivity contribution >= 4 is 17.3 Å². The maximum Gasteiger partial charge on any atom is 0.308 e. The van der Waals surface area contributed by atoms with Gasteiger partial charge in [0.15, 0.2) is 0 Å². The van der Waals surface area contributed by atoms with Gasteiger partial charge in [-0.05, 0) is 72.4 Å². The van der Waals surface area contributed by atoms with Gasteiger partial charge in [-0.1, -0.05) is 58.1 Å². The van der Waals surface area contributed by atoms with Crippen LogP contribution < -0.4 is 19.1 Å². The van der Waals surface area contributed by atoms with Crippen molar-refractivity contribution in [1.29, 1.82) is 0 Å². The number of esters is 1. The van der Waals surface area contributed by atoms with Crippen molar-refractivity contribution in [3.8, 4) is 23.1 Å². The van der Waals surface area contributed by atoms with Crippen molar-refractivity contribution in [1.82, 2.24) is 4.98 Å². The van der Waals surface area contributed by atoms with E-state index < -0.39 is 5.60 Å². The molecule has 0 radical (unpaired) electrons. The number of carbonyl (C=O) groups is 1. The fraction of sp³-hybridized carbons (Fsp3) is 0.484. The molecule has 210 valence electrons. The molecule has 0 saturated heterocycles. The molecule has 0 spiro atoms. The van der Waals surface area contributed by atoms with Gasteiger partial charge in [0, 0.05) is 18.9 Å². The molecule has 1 aliphatic rings. The minimum atomic E-state index is -0.525. The Hall–Kier alpha value is -3.26. The summed E-state index contributed by atoms with van der Waals surface area (Å²) in [4.78, 5) is 26.1. The number of nitrogens with one attached hydrogen (secondary N) is 1. The number of aromatic hydroxyl groups is 1. The van der Waals surface area contributed by atoms with Crippen molar-refractivity contribution in [2.75, 3.05) is 6.61 Å². The number of aryl methyl sites for hydroxylation is 1. The SMILES string of the molecule is CC(=O)Oc1cc2c(cc1C(C)(C)CC(C)(C)C)OC(C)(COc1ccc(Cc3sc(=O)[nH]c3O)cc1)CC2. The number of hydrogen-bond donors (Lipinski definition) is 2. The molecule has 1 unspecified atom stereocenters. The van der Waals surface area contributed by atoms with Crippen LogP contribution in [0.3, 0.4) is 0 Å². The zero-order valence-corrected chi connectivity index (χ0v) is 24.7. The average molecular weight is 554 g/mol. The Balaban J connectivity index is 1.49. The van der Waals surface area contributed by atoms with Gasteiger partial charge in [-0.2, -0.15) is 0 Å². The highest BCUT2D eigenvalue weighted by atomic mass is 32.1. The van der Waals surface area contributed by atoms with Crippen LogP contribution in [0.1, 0.15) is 82.9 Å². The van der Waals surface area contributed by atoms with Crippen molar-refractivity contribution in [3.63, 3.8) is 0 Å². The first-order valence-corrected chi connectivity index (χ1v) is 14.1. The van der Waals surface area contributed by atoms with Crippen LogP contribution in [-0.4, -0.2) is 28.3 Å². The van der Waals surface area contributed by atoms with E-state index in [2.05, 4.69) is 52.6 Å². The third kappa shape index (κ3) is 7.24. The molecule has 2 aromatic carbocycles. The van der Waals surface area contributed by atoms with E-state index in [-0.39, 0.29) is 27.6 Å². The first-order chi connectivity index (χ1) is 18.1. The molecular formula is C31H39NO6S. The zero-order valence-electron chi connectivity index (χ0n) is 23.9. The lowest BCUT2D eigenvalue weighted by Gasteiger charge is -2.38. The summed E-state index contributed by atoms with van der Waals surface area (Å²) in [5.74, 6) is 1.74. The van der Waals surface area contributed by atoms with E-state index in [4.69, 9.17) is 14.2 Å². The molecule has 2 heterocycles. The smallest absolute Gasteiger partial charge is 0.308 e. The highest BCUT2D eigenvalue weighted by molar-refractivity contribution is 7.09. The predicted octanol–water partition coefficient (Wildman–Crippen LogP) is 6.53. The summed E-state index contributed by atoms with van der Waals surface area (Å²) in [6.07, 6.45) is 2.92. The number of ether oxygens (including phenoxy) is 3. The van der Waals surface area contributed by atoms with Crippen LogP contribution in [0.5, 0.6) is 23.1 Å². The molecule has 3 aromatic rings. The Morgan fingerprint density at radius 1 is 1.15 bits per heavy atom. The molecule has 1 aliphatic heterocycles. The molecule has 0 aliphatic carbocycles. The first kappa shape index (κ1) is 28.7. The Morgan fingerprint density at radius 3 is 2.44 bits per heavy atom. The number of H-pyrrole nitrogens is 1. The fourth-order valence-corrected chi connectivity index (χ4v) is 6.25. The summed E-state index contributed by atoms with van der Waals surface area (Å²) in [5.41, 5.74) is 2.29. The number of aromatic amines is 1. The third-order valence-corrected chi connectivity index (χ3v) is 7.80. The lowest BCUT2D eigenvalue weighted by molar-refractivity contribution is -0.132. The van der Waals surface area contributed by atoms with Crippen LogP contribution in [0.4, 0.5) is 0 Å². The van der Waals surface area contributed by atoms with Gasteiger partial charge in [0.1, 0.15) is 29.5 Å². The molecule has 0 saturated carbocycles. The molecule has 7 nitrogen and oxygen atoms in total. The lowest BCUT2D eigenvalue weighted by atomic mass is 9.71. The molecule has 0 amide bonds. The number of aromatic nitrogens is 1. The Bertz CT molecular complexity index is 1400. The van der Waals surface area contributed by atoms with Gasteiger partial charge in [0.25, 0.3) is 0 Å². The topological polar surface area (TPSA) is 97.9 Å². The summed E-state index contributed by atoms with van der Waals surface area (Å²) in [7, 11) is 0. The molecule has 1 atom stereocenters. The average Bonchev–Trinajstić information content (AvgIpc) is 3.13. The lowest BCUT2D eigenvalue weighted by Crippen LogP contribution is -2.42. The van der Waals surface area contributed by atoms with Crippen LogP contribution in [-0.2, 0) is 23.1 Å². The summed E-state index contributed by atoms with van der Waals surface area (Å²) < 4.78 is 18.4. The molecule has 0 fully saturated rings. The molecule has 4 rings (SSSR count). The van der Waals surface area contributed by atoms with E-state index in [1.165, 1.54) is 6.92 Å². The van der Waals surface area contributed by atoms with Crippen molar-refractivity contribution < 1.29 is 24.1 Å². The van der Waals surface area contributed by atoms with Crippen molar-refractivity contribution in [3.05, 3.63) is 67.6 Å². The molecule has 2 N–H and O–H groups in total. The number of thiazole rings is 1. The van der Waals surface area contributed by atoms with Crippen LogP contribution in [0.15, 0.2) is 41.2 Å². The second-order valence-electron chi connectivity index (χ2n) is 12.6. The van der Waals surface area contributed by atoms with Crippen LogP contribution >= 0.6 is 11.3 Å². The zero-order chi connectivity index (χ0) is 28.6. The maximum absolute atomic E-state index is 11.9. The number of rotatable bonds is 8. The largest absolute Gasteiger partial charge is 0.494 e. The van der Waals surface area contributed by atoms with E-state index in [9.17, 15) is 14.7 Å². The van der Waals surface area contributed by atoms with Gasteiger partial charge in [0.05, 0.1) is 4.88 Å². The van der Waals surface area contributed by atoms with Crippen LogP contribution in [0.2, 0.25) is 0 Å². The van der Waals surface area contributed by atoms with Crippen molar-refractivity contribution in [2.45, 2.75) is 85.2 Å². The Kier molecular flexibility index (Phi) is 7.90. The summed E-state index contributed by atoms with van der Waals surface area (Å²) in [6, 6.07) is 11.7. The predicted molar refractivity (Wildman–Crippen MR) is 154 cm³/mol. The maximum atomic E-state index is 11.9. The number of fused-ring (bicyclic) bond motifs is 1. The minimum absolute atomic E-state index is 0.0714. The number of benzene rings is 2. The van der Waals surface area contributed by atoms with Gasteiger partial charge >= 0.3 is 10.8 Å². The minimum Gasteiger partial charge on any atom is -0.494 e.